The van der Waals surface area contributed by atoms with Crippen LogP contribution in [-0.4, -0.2) is 15.0 Å². The Labute approximate surface area is 163 Å². The molecule has 3 aromatic carbocycles. The third-order valence-corrected chi connectivity index (χ3v) is 5.39. The highest BCUT2D eigenvalue weighted by Gasteiger charge is 2.18. The molecule has 5 rings (SSSR count). The SMILES string of the molecule is O=c1[nH]c(-c2ccccc2Br)c(-c2nc3ccccc3[nH]2)c2ccccc12. The third kappa shape index (κ3) is 2.59. The molecule has 2 N–H and O–H groups in total. The largest absolute Gasteiger partial charge is 0.338 e. The fraction of sp³-hybridized carbons (Fsp3) is 0. The normalized spacial score (nSPS) is 11.3. The number of nitrogens with zero attached hydrogens (tertiary/aromatic N) is 1. The fourth-order valence-electron chi connectivity index (χ4n) is 3.46. The molecule has 27 heavy (non-hydrogen) atoms. The van der Waals surface area contributed by atoms with Crippen LogP contribution in [0.25, 0.3) is 44.5 Å². The Bertz CT molecular complexity index is 1330. The van der Waals surface area contributed by atoms with E-state index in [-0.39, 0.29) is 5.56 Å². The Hall–Kier alpha value is -3.18. The van der Waals surface area contributed by atoms with Gasteiger partial charge in [-0.15, -0.1) is 0 Å². The first-order valence-corrected chi connectivity index (χ1v) is 9.37. The molecule has 0 saturated carbocycles. The quantitative estimate of drug-likeness (QED) is 0.399. The topological polar surface area (TPSA) is 61.5 Å². The number of hydrogen-bond acceptors (Lipinski definition) is 2. The van der Waals surface area contributed by atoms with Gasteiger partial charge in [-0.2, -0.15) is 0 Å². The zero-order chi connectivity index (χ0) is 18.4. The van der Waals surface area contributed by atoms with Gasteiger partial charge in [-0.25, -0.2) is 4.98 Å². The third-order valence-electron chi connectivity index (χ3n) is 4.70. The predicted octanol–water partition coefficient (Wildman–Crippen LogP) is 5.50. The summed E-state index contributed by atoms with van der Waals surface area (Å²) in [5.41, 5.74) is 4.27. The van der Waals surface area contributed by atoms with E-state index in [1.165, 1.54) is 0 Å². The summed E-state index contributed by atoms with van der Waals surface area (Å²) in [5.74, 6) is 0.731. The maximum absolute atomic E-state index is 12.7. The van der Waals surface area contributed by atoms with Crippen LogP contribution >= 0.6 is 15.9 Å². The van der Waals surface area contributed by atoms with Crippen molar-refractivity contribution in [2.45, 2.75) is 0 Å². The van der Waals surface area contributed by atoms with Crippen molar-refractivity contribution < 1.29 is 0 Å². The van der Waals surface area contributed by atoms with Gasteiger partial charge in [-0.05, 0) is 24.3 Å². The summed E-state index contributed by atoms with van der Waals surface area (Å²) < 4.78 is 0.910. The highest BCUT2D eigenvalue weighted by atomic mass is 79.9. The molecular formula is C22H14BrN3O. The van der Waals surface area contributed by atoms with Gasteiger partial charge in [-0.3, -0.25) is 4.79 Å². The Morgan fingerprint density at radius 1 is 0.778 bits per heavy atom. The summed E-state index contributed by atoms with van der Waals surface area (Å²) in [5, 5.41) is 1.51. The van der Waals surface area contributed by atoms with Gasteiger partial charge in [0.1, 0.15) is 5.82 Å². The molecule has 0 radical (unpaired) electrons. The molecule has 0 unspecified atom stereocenters. The number of rotatable bonds is 2. The van der Waals surface area contributed by atoms with E-state index in [0.29, 0.717) is 5.39 Å². The summed E-state index contributed by atoms with van der Waals surface area (Å²) >= 11 is 3.61. The lowest BCUT2D eigenvalue weighted by Crippen LogP contribution is -2.09. The number of para-hydroxylation sites is 2. The molecule has 0 fully saturated rings. The maximum Gasteiger partial charge on any atom is 0.256 e. The van der Waals surface area contributed by atoms with Gasteiger partial charge in [0.2, 0.25) is 0 Å². The van der Waals surface area contributed by atoms with Crippen LogP contribution in [-0.2, 0) is 0 Å². The van der Waals surface area contributed by atoms with Crippen molar-refractivity contribution in [3.05, 3.63) is 87.6 Å². The van der Waals surface area contributed by atoms with E-state index in [0.717, 1.165) is 43.5 Å². The van der Waals surface area contributed by atoms with E-state index < -0.39 is 0 Å². The molecule has 0 amide bonds. The number of H-pyrrole nitrogens is 2. The Balaban J connectivity index is 1.94. The number of benzene rings is 3. The molecule has 5 aromatic rings. The number of halogens is 1. The lowest BCUT2D eigenvalue weighted by atomic mass is 9.99. The van der Waals surface area contributed by atoms with Crippen molar-refractivity contribution >= 4 is 37.7 Å². The monoisotopic (exact) mass is 415 g/mol. The summed E-state index contributed by atoms with van der Waals surface area (Å²) in [6, 6.07) is 23.4. The predicted molar refractivity (Wildman–Crippen MR) is 113 cm³/mol. The minimum Gasteiger partial charge on any atom is -0.338 e. The number of nitrogens with one attached hydrogen (secondary N) is 2. The molecule has 2 aromatic heterocycles. The van der Waals surface area contributed by atoms with Gasteiger partial charge < -0.3 is 9.97 Å². The van der Waals surface area contributed by atoms with E-state index in [4.69, 9.17) is 4.98 Å². The van der Waals surface area contributed by atoms with Gasteiger partial charge >= 0.3 is 0 Å². The summed E-state index contributed by atoms with van der Waals surface area (Å²) in [7, 11) is 0. The standard InChI is InChI=1S/C22H14BrN3O/c23-16-10-4-3-9-15(16)20-19(13-7-1-2-8-14(13)22(27)26-20)21-24-17-11-5-6-12-18(17)25-21/h1-12H,(H,24,25)(H,26,27). The minimum atomic E-state index is -0.115. The molecule has 0 bridgehead atoms. The van der Waals surface area contributed by atoms with Crippen molar-refractivity contribution in [2.75, 3.05) is 0 Å². The molecule has 2 heterocycles. The molecule has 0 aliphatic carbocycles. The van der Waals surface area contributed by atoms with E-state index in [9.17, 15) is 4.79 Å². The summed E-state index contributed by atoms with van der Waals surface area (Å²) in [6.45, 7) is 0. The Morgan fingerprint density at radius 3 is 2.30 bits per heavy atom. The average Bonchev–Trinajstić information content (AvgIpc) is 3.12. The van der Waals surface area contributed by atoms with Crippen molar-refractivity contribution in [2.24, 2.45) is 0 Å². The van der Waals surface area contributed by atoms with Crippen LogP contribution in [0.2, 0.25) is 0 Å². The number of aromatic amines is 2. The maximum atomic E-state index is 12.7. The second kappa shape index (κ2) is 6.21. The second-order valence-electron chi connectivity index (χ2n) is 6.33. The molecule has 4 nitrogen and oxygen atoms in total. The number of pyridine rings is 1. The van der Waals surface area contributed by atoms with E-state index in [1.807, 2.05) is 72.8 Å². The first-order valence-electron chi connectivity index (χ1n) is 8.57. The molecular weight excluding hydrogens is 402 g/mol. The molecule has 130 valence electrons. The second-order valence-corrected chi connectivity index (χ2v) is 7.19. The van der Waals surface area contributed by atoms with Crippen LogP contribution in [0.15, 0.2) is 82.1 Å². The van der Waals surface area contributed by atoms with Gasteiger partial charge in [-0.1, -0.05) is 64.5 Å². The number of imidazole rings is 1. The van der Waals surface area contributed by atoms with E-state index in [2.05, 4.69) is 25.9 Å². The smallest absolute Gasteiger partial charge is 0.256 e. The zero-order valence-corrected chi connectivity index (χ0v) is 15.7. The van der Waals surface area contributed by atoms with Crippen molar-refractivity contribution in [3.8, 4) is 22.6 Å². The van der Waals surface area contributed by atoms with Crippen LogP contribution < -0.4 is 5.56 Å². The molecule has 0 spiro atoms. The average molecular weight is 416 g/mol. The van der Waals surface area contributed by atoms with Gasteiger partial charge in [0.05, 0.1) is 16.7 Å². The summed E-state index contributed by atoms with van der Waals surface area (Å²) in [4.78, 5) is 24.0. The molecule has 0 atom stereocenters. The number of hydrogen-bond donors (Lipinski definition) is 2. The van der Waals surface area contributed by atoms with Crippen molar-refractivity contribution in [1.29, 1.82) is 0 Å². The van der Waals surface area contributed by atoms with Crippen LogP contribution in [0.4, 0.5) is 0 Å². The lowest BCUT2D eigenvalue weighted by Gasteiger charge is -2.12. The number of fused-ring (bicyclic) bond motifs is 2. The van der Waals surface area contributed by atoms with Crippen LogP contribution in [0.1, 0.15) is 0 Å². The molecule has 5 heteroatoms. The van der Waals surface area contributed by atoms with Crippen molar-refractivity contribution in [1.82, 2.24) is 15.0 Å². The first-order chi connectivity index (χ1) is 13.2. The van der Waals surface area contributed by atoms with Gasteiger partial charge in [0.15, 0.2) is 0 Å². The van der Waals surface area contributed by atoms with Crippen LogP contribution in [0.5, 0.6) is 0 Å². The van der Waals surface area contributed by atoms with Crippen molar-refractivity contribution in [3.63, 3.8) is 0 Å². The van der Waals surface area contributed by atoms with Crippen LogP contribution in [0.3, 0.4) is 0 Å². The zero-order valence-electron chi connectivity index (χ0n) is 14.2. The lowest BCUT2D eigenvalue weighted by molar-refractivity contribution is 1.25. The van der Waals surface area contributed by atoms with E-state index in [1.54, 1.807) is 0 Å². The van der Waals surface area contributed by atoms with Gasteiger partial charge in [0, 0.05) is 26.4 Å². The number of aromatic nitrogens is 3. The van der Waals surface area contributed by atoms with E-state index >= 15 is 0 Å². The van der Waals surface area contributed by atoms with Crippen LogP contribution in [0, 0.1) is 0 Å². The molecule has 0 aliphatic heterocycles. The van der Waals surface area contributed by atoms with Gasteiger partial charge in [0.25, 0.3) is 5.56 Å². The Morgan fingerprint density at radius 2 is 1.48 bits per heavy atom. The highest BCUT2D eigenvalue weighted by molar-refractivity contribution is 9.10. The first kappa shape index (κ1) is 16.0. The summed E-state index contributed by atoms with van der Waals surface area (Å²) in [6.07, 6.45) is 0. The molecule has 0 saturated heterocycles. The minimum absolute atomic E-state index is 0.115. The Kier molecular flexibility index (Phi) is 3.69. The molecule has 0 aliphatic rings. The highest BCUT2D eigenvalue weighted by Crippen LogP contribution is 2.37. The fourth-order valence-corrected chi connectivity index (χ4v) is 3.94.